The molecule has 0 amide bonds. The van der Waals surface area contributed by atoms with E-state index in [0.717, 1.165) is 9.35 Å². The van der Waals surface area contributed by atoms with Gasteiger partial charge in [0.25, 0.3) is 0 Å². The average Bonchev–Trinajstić information content (AvgIpc) is 2.96. The number of nitrogens with zero attached hydrogens (tertiary/aromatic N) is 1. The standard InChI is InChI=1S/C13H8BrFN2OS/c14-8-5-6-19-12(8)11-10(13(16)18-17-11)7-3-1-2-4-9(7)15/h1-6H,16H2. The summed E-state index contributed by atoms with van der Waals surface area (Å²) in [5.41, 5.74) is 7.21. The Morgan fingerprint density at radius 2 is 2.05 bits per heavy atom. The molecular formula is C13H8BrFN2OS. The molecule has 6 heteroatoms. The molecule has 96 valence electrons. The summed E-state index contributed by atoms with van der Waals surface area (Å²) in [4.78, 5) is 0.860. The highest BCUT2D eigenvalue weighted by Crippen LogP contribution is 2.42. The highest BCUT2D eigenvalue weighted by Gasteiger charge is 2.22. The first-order chi connectivity index (χ1) is 9.18. The van der Waals surface area contributed by atoms with Gasteiger partial charge in [0.2, 0.25) is 5.88 Å². The lowest BCUT2D eigenvalue weighted by Crippen LogP contribution is -1.90. The van der Waals surface area contributed by atoms with Crippen molar-refractivity contribution in [2.75, 3.05) is 5.73 Å². The third-order valence-electron chi connectivity index (χ3n) is 2.69. The van der Waals surface area contributed by atoms with Crippen LogP contribution >= 0.6 is 27.3 Å². The number of thiophene rings is 1. The molecule has 0 fully saturated rings. The zero-order valence-corrected chi connectivity index (χ0v) is 12.0. The van der Waals surface area contributed by atoms with Gasteiger partial charge in [0, 0.05) is 10.0 Å². The molecule has 3 nitrogen and oxygen atoms in total. The number of nitrogens with two attached hydrogens (primary N) is 1. The number of hydrogen-bond donors (Lipinski definition) is 1. The molecule has 0 saturated heterocycles. The molecular weight excluding hydrogens is 331 g/mol. The third kappa shape index (κ3) is 2.06. The van der Waals surface area contributed by atoms with Gasteiger partial charge in [-0.2, -0.15) is 0 Å². The van der Waals surface area contributed by atoms with Crippen molar-refractivity contribution >= 4 is 33.2 Å². The number of rotatable bonds is 2. The van der Waals surface area contributed by atoms with Gasteiger partial charge in [-0.1, -0.05) is 23.4 Å². The van der Waals surface area contributed by atoms with E-state index in [1.807, 2.05) is 11.4 Å². The van der Waals surface area contributed by atoms with Gasteiger partial charge in [0.15, 0.2) is 0 Å². The van der Waals surface area contributed by atoms with Crippen LogP contribution in [0.3, 0.4) is 0 Å². The second-order valence-electron chi connectivity index (χ2n) is 3.85. The number of hydrogen-bond acceptors (Lipinski definition) is 4. The van der Waals surface area contributed by atoms with Gasteiger partial charge in [0.1, 0.15) is 11.5 Å². The minimum absolute atomic E-state index is 0.111. The van der Waals surface area contributed by atoms with Crippen molar-refractivity contribution in [3.63, 3.8) is 0 Å². The number of benzene rings is 1. The van der Waals surface area contributed by atoms with Crippen LogP contribution in [0.15, 0.2) is 44.7 Å². The van der Waals surface area contributed by atoms with Gasteiger partial charge < -0.3 is 10.3 Å². The summed E-state index contributed by atoms with van der Waals surface area (Å²) in [6.07, 6.45) is 0. The normalized spacial score (nSPS) is 10.8. The summed E-state index contributed by atoms with van der Waals surface area (Å²) in [5.74, 6) is -0.244. The molecule has 0 bridgehead atoms. The van der Waals surface area contributed by atoms with Gasteiger partial charge in [0.05, 0.1) is 10.4 Å². The van der Waals surface area contributed by atoms with Crippen LogP contribution in [-0.4, -0.2) is 5.16 Å². The fourth-order valence-corrected chi connectivity index (χ4v) is 3.39. The van der Waals surface area contributed by atoms with E-state index in [1.54, 1.807) is 18.2 Å². The highest BCUT2D eigenvalue weighted by molar-refractivity contribution is 9.10. The highest BCUT2D eigenvalue weighted by atomic mass is 79.9. The minimum Gasteiger partial charge on any atom is -0.367 e. The molecule has 0 spiro atoms. The molecule has 3 aromatic rings. The second-order valence-corrected chi connectivity index (χ2v) is 5.62. The van der Waals surface area contributed by atoms with Crippen LogP contribution in [0.5, 0.6) is 0 Å². The summed E-state index contributed by atoms with van der Waals surface area (Å²) in [7, 11) is 0. The average molecular weight is 339 g/mol. The molecule has 1 aromatic carbocycles. The van der Waals surface area contributed by atoms with Crippen LogP contribution in [0, 0.1) is 5.82 Å². The zero-order chi connectivity index (χ0) is 13.4. The zero-order valence-electron chi connectivity index (χ0n) is 9.56. The minimum atomic E-state index is -0.355. The van der Waals surface area contributed by atoms with Crippen LogP contribution in [0.1, 0.15) is 0 Å². The van der Waals surface area contributed by atoms with Crippen LogP contribution in [0.25, 0.3) is 21.7 Å². The fraction of sp³-hybridized carbons (Fsp3) is 0. The van der Waals surface area contributed by atoms with E-state index in [-0.39, 0.29) is 11.7 Å². The first kappa shape index (κ1) is 12.4. The monoisotopic (exact) mass is 338 g/mol. The van der Waals surface area contributed by atoms with Crippen LogP contribution in [0.4, 0.5) is 10.3 Å². The Labute approximate surface area is 121 Å². The smallest absolute Gasteiger partial charge is 0.230 e. The Bertz CT molecular complexity index is 738. The van der Waals surface area contributed by atoms with Gasteiger partial charge in [-0.25, -0.2) is 4.39 Å². The van der Waals surface area contributed by atoms with Crippen molar-refractivity contribution in [3.05, 3.63) is 46.0 Å². The maximum Gasteiger partial charge on any atom is 0.230 e. The van der Waals surface area contributed by atoms with Gasteiger partial charge in [-0.05, 0) is 33.4 Å². The van der Waals surface area contributed by atoms with Crippen LogP contribution in [0.2, 0.25) is 0 Å². The Morgan fingerprint density at radius 1 is 1.26 bits per heavy atom. The lowest BCUT2D eigenvalue weighted by Gasteiger charge is -2.03. The molecule has 2 aromatic heterocycles. The van der Waals surface area contributed by atoms with Gasteiger partial charge in [-0.3, -0.25) is 0 Å². The van der Waals surface area contributed by atoms with Crippen molar-refractivity contribution < 1.29 is 8.91 Å². The number of anilines is 1. The summed E-state index contributed by atoms with van der Waals surface area (Å²) in [6.45, 7) is 0. The van der Waals surface area contributed by atoms with E-state index in [0.29, 0.717) is 16.8 Å². The molecule has 0 saturated carbocycles. The third-order valence-corrected chi connectivity index (χ3v) is 4.54. The first-order valence-electron chi connectivity index (χ1n) is 5.42. The van der Waals surface area contributed by atoms with Crippen LogP contribution in [-0.2, 0) is 0 Å². The Balaban J connectivity index is 2.26. The molecule has 3 rings (SSSR count). The SMILES string of the molecule is Nc1onc(-c2sccc2Br)c1-c1ccccc1F. The Morgan fingerprint density at radius 3 is 2.74 bits per heavy atom. The number of nitrogen functional groups attached to an aromatic ring is 1. The molecule has 0 unspecified atom stereocenters. The maximum atomic E-state index is 13.9. The van der Waals surface area contributed by atoms with Crippen LogP contribution < -0.4 is 5.73 Å². The second kappa shape index (κ2) is 4.79. The Kier molecular flexibility index (Phi) is 3.12. The maximum absolute atomic E-state index is 13.9. The van der Waals surface area contributed by atoms with E-state index in [9.17, 15) is 4.39 Å². The predicted molar refractivity (Wildman–Crippen MR) is 77.3 cm³/mol. The summed E-state index contributed by atoms with van der Waals surface area (Å²) in [5, 5.41) is 5.86. The van der Waals surface area contributed by atoms with Crippen molar-refractivity contribution in [3.8, 4) is 21.7 Å². The quantitative estimate of drug-likeness (QED) is 0.745. The molecule has 0 aliphatic rings. The lowest BCUT2D eigenvalue weighted by atomic mass is 10.0. The van der Waals surface area contributed by atoms with Gasteiger partial charge in [-0.15, -0.1) is 11.3 Å². The molecule has 0 radical (unpaired) electrons. The largest absolute Gasteiger partial charge is 0.367 e. The summed E-state index contributed by atoms with van der Waals surface area (Å²) in [6, 6.07) is 8.32. The van der Waals surface area contributed by atoms with E-state index in [4.69, 9.17) is 10.3 Å². The lowest BCUT2D eigenvalue weighted by molar-refractivity contribution is 0.439. The van der Waals surface area contributed by atoms with E-state index >= 15 is 0 Å². The van der Waals surface area contributed by atoms with Crippen molar-refractivity contribution in [2.45, 2.75) is 0 Å². The summed E-state index contributed by atoms with van der Waals surface area (Å²) < 4.78 is 19.8. The first-order valence-corrected chi connectivity index (χ1v) is 7.09. The number of halogens is 2. The molecule has 0 aliphatic carbocycles. The summed E-state index contributed by atoms with van der Waals surface area (Å²) >= 11 is 4.91. The molecule has 19 heavy (non-hydrogen) atoms. The molecule has 0 atom stereocenters. The Hall–Kier alpha value is -1.66. The predicted octanol–water partition coefficient (Wildman–Crippen LogP) is 4.55. The number of aromatic nitrogens is 1. The molecule has 0 aliphatic heterocycles. The van der Waals surface area contributed by atoms with E-state index in [2.05, 4.69) is 21.1 Å². The molecule has 2 heterocycles. The van der Waals surface area contributed by atoms with Crippen molar-refractivity contribution in [1.82, 2.24) is 5.16 Å². The molecule has 2 N–H and O–H groups in total. The van der Waals surface area contributed by atoms with E-state index in [1.165, 1.54) is 17.4 Å². The van der Waals surface area contributed by atoms with E-state index < -0.39 is 0 Å². The topological polar surface area (TPSA) is 52.0 Å². The fourth-order valence-electron chi connectivity index (χ4n) is 1.84. The van der Waals surface area contributed by atoms with Gasteiger partial charge >= 0.3 is 0 Å². The van der Waals surface area contributed by atoms with Crippen molar-refractivity contribution in [1.29, 1.82) is 0 Å². The van der Waals surface area contributed by atoms with Crippen molar-refractivity contribution in [2.24, 2.45) is 0 Å².